The van der Waals surface area contributed by atoms with Gasteiger partial charge in [0.25, 0.3) is 0 Å². The maximum absolute atomic E-state index is 6.04. The van der Waals surface area contributed by atoms with Crippen LogP contribution in [0.2, 0.25) is 5.02 Å². The van der Waals surface area contributed by atoms with Gasteiger partial charge in [-0.3, -0.25) is 4.90 Å². The molecule has 0 saturated carbocycles. The van der Waals surface area contributed by atoms with Gasteiger partial charge in [-0.25, -0.2) is 0 Å². The average molecular weight is 325 g/mol. The lowest BCUT2D eigenvalue weighted by Gasteiger charge is -2.34. The van der Waals surface area contributed by atoms with Crippen molar-refractivity contribution in [1.82, 2.24) is 10.2 Å². The maximum atomic E-state index is 6.04. The molecule has 1 aromatic carbocycles. The van der Waals surface area contributed by atoms with E-state index in [0.717, 1.165) is 42.5 Å². The molecule has 0 amide bonds. The summed E-state index contributed by atoms with van der Waals surface area (Å²) in [5.41, 5.74) is 7.85. The van der Waals surface area contributed by atoms with Gasteiger partial charge in [0, 0.05) is 36.9 Å². The molecule has 0 aliphatic carbocycles. The van der Waals surface area contributed by atoms with Crippen molar-refractivity contribution in [3.05, 3.63) is 41.4 Å². The number of anilines is 1. The van der Waals surface area contributed by atoms with Crippen LogP contribution in [0.15, 0.2) is 30.9 Å². The summed E-state index contributed by atoms with van der Waals surface area (Å²) in [4.78, 5) is 2.37. The van der Waals surface area contributed by atoms with E-state index in [-0.39, 0.29) is 30.9 Å². The van der Waals surface area contributed by atoms with Crippen LogP contribution in [-0.2, 0) is 0 Å². The van der Waals surface area contributed by atoms with E-state index in [1.54, 1.807) is 0 Å². The third-order valence-electron chi connectivity index (χ3n) is 3.14. The molecule has 0 bridgehead atoms. The Morgan fingerprint density at radius 3 is 2.53 bits per heavy atom. The zero-order chi connectivity index (χ0) is 12.3. The molecule has 108 valence electrons. The summed E-state index contributed by atoms with van der Waals surface area (Å²) in [5.74, 6) is 0. The molecule has 1 aromatic rings. The SMILES string of the molecule is C=C[C@H](c1cc(Cl)ccc1N)N1CCNCC1.Cl.Cl. The summed E-state index contributed by atoms with van der Waals surface area (Å²) >= 11 is 6.04. The molecule has 1 heterocycles. The summed E-state index contributed by atoms with van der Waals surface area (Å²) in [6, 6.07) is 5.76. The second-order valence-corrected chi connectivity index (χ2v) is 4.68. The van der Waals surface area contributed by atoms with Gasteiger partial charge < -0.3 is 11.1 Å². The van der Waals surface area contributed by atoms with Gasteiger partial charge in [-0.05, 0) is 23.8 Å². The van der Waals surface area contributed by atoms with Gasteiger partial charge in [-0.2, -0.15) is 0 Å². The van der Waals surface area contributed by atoms with E-state index in [2.05, 4.69) is 16.8 Å². The van der Waals surface area contributed by atoms with Crippen molar-refractivity contribution in [2.75, 3.05) is 31.9 Å². The Balaban J connectivity index is 0.00000162. The van der Waals surface area contributed by atoms with Crippen molar-refractivity contribution in [3.63, 3.8) is 0 Å². The smallest absolute Gasteiger partial charge is 0.0550 e. The Labute approximate surface area is 132 Å². The molecule has 6 heteroatoms. The fraction of sp³-hybridized carbons (Fsp3) is 0.385. The first-order chi connectivity index (χ1) is 8.22. The Morgan fingerprint density at radius 1 is 1.32 bits per heavy atom. The quantitative estimate of drug-likeness (QED) is 0.663. The zero-order valence-corrected chi connectivity index (χ0v) is 13.0. The van der Waals surface area contributed by atoms with Crippen LogP contribution in [0.3, 0.4) is 0 Å². The van der Waals surface area contributed by atoms with Crippen LogP contribution in [-0.4, -0.2) is 31.1 Å². The molecule has 3 nitrogen and oxygen atoms in total. The summed E-state index contributed by atoms with van der Waals surface area (Å²) in [6.07, 6.45) is 1.94. The Hall–Kier alpha value is -0.450. The first-order valence-corrected chi connectivity index (χ1v) is 6.22. The van der Waals surface area contributed by atoms with Gasteiger partial charge in [-0.1, -0.05) is 17.7 Å². The first kappa shape index (κ1) is 18.6. The summed E-state index contributed by atoms with van der Waals surface area (Å²) in [7, 11) is 0. The molecule has 1 atom stereocenters. The number of hydrogen-bond donors (Lipinski definition) is 2. The van der Waals surface area contributed by atoms with Gasteiger partial charge >= 0.3 is 0 Å². The summed E-state index contributed by atoms with van der Waals surface area (Å²) in [5, 5.41) is 4.06. The van der Waals surface area contributed by atoms with Crippen LogP contribution in [0.5, 0.6) is 0 Å². The van der Waals surface area contributed by atoms with Crippen molar-refractivity contribution in [2.24, 2.45) is 0 Å². The molecule has 0 radical (unpaired) electrons. The fourth-order valence-electron chi connectivity index (χ4n) is 2.23. The predicted molar refractivity (Wildman–Crippen MR) is 87.7 cm³/mol. The standard InChI is InChI=1S/C13H18ClN3.2ClH/c1-2-13(17-7-5-16-6-8-17)11-9-10(14)3-4-12(11)15;;/h2-4,9,13,16H,1,5-8,15H2;2*1H/t13-;;/m1../s1. The van der Waals surface area contributed by atoms with E-state index in [0.29, 0.717) is 0 Å². The van der Waals surface area contributed by atoms with E-state index < -0.39 is 0 Å². The molecule has 1 aliphatic rings. The zero-order valence-electron chi connectivity index (χ0n) is 10.6. The monoisotopic (exact) mass is 323 g/mol. The number of rotatable bonds is 3. The Bertz CT molecular complexity index is 406. The Morgan fingerprint density at radius 2 is 1.95 bits per heavy atom. The molecular weight excluding hydrogens is 305 g/mol. The lowest BCUT2D eigenvalue weighted by Crippen LogP contribution is -2.44. The summed E-state index contributed by atoms with van der Waals surface area (Å²) < 4.78 is 0. The molecule has 0 unspecified atom stereocenters. The number of hydrogen-bond acceptors (Lipinski definition) is 3. The topological polar surface area (TPSA) is 41.3 Å². The number of benzene rings is 1. The van der Waals surface area contributed by atoms with Crippen LogP contribution in [0.1, 0.15) is 11.6 Å². The van der Waals surface area contributed by atoms with Crippen LogP contribution < -0.4 is 11.1 Å². The third-order valence-corrected chi connectivity index (χ3v) is 3.37. The lowest BCUT2D eigenvalue weighted by molar-refractivity contribution is 0.204. The van der Waals surface area contributed by atoms with E-state index in [1.165, 1.54) is 0 Å². The molecule has 0 spiro atoms. The fourth-order valence-corrected chi connectivity index (χ4v) is 2.42. The normalized spacial score (nSPS) is 16.9. The van der Waals surface area contributed by atoms with Crippen LogP contribution in [0.4, 0.5) is 5.69 Å². The highest BCUT2D eigenvalue weighted by molar-refractivity contribution is 6.30. The van der Waals surface area contributed by atoms with Crippen molar-refractivity contribution >= 4 is 42.1 Å². The summed E-state index contributed by atoms with van der Waals surface area (Å²) in [6.45, 7) is 7.94. The lowest BCUT2D eigenvalue weighted by atomic mass is 10.0. The minimum atomic E-state index is 0. The van der Waals surface area contributed by atoms with E-state index >= 15 is 0 Å². The molecule has 2 rings (SSSR count). The van der Waals surface area contributed by atoms with Crippen LogP contribution in [0, 0.1) is 0 Å². The molecule has 0 aromatic heterocycles. The van der Waals surface area contributed by atoms with Crippen molar-refractivity contribution < 1.29 is 0 Å². The van der Waals surface area contributed by atoms with Gasteiger partial charge in [0.15, 0.2) is 0 Å². The molecule has 1 aliphatic heterocycles. The highest BCUT2D eigenvalue weighted by Gasteiger charge is 2.21. The highest BCUT2D eigenvalue weighted by atomic mass is 35.5. The van der Waals surface area contributed by atoms with E-state index in [9.17, 15) is 0 Å². The van der Waals surface area contributed by atoms with Gasteiger partial charge in [0.05, 0.1) is 6.04 Å². The highest BCUT2D eigenvalue weighted by Crippen LogP contribution is 2.29. The molecule has 1 saturated heterocycles. The van der Waals surface area contributed by atoms with E-state index in [1.807, 2.05) is 24.3 Å². The van der Waals surface area contributed by atoms with Gasteiger partial charge in [0.2, 0.25) is 0 Å². The Kier molecular flexibility index (Phi) is 8.46. The number of piperazine rings is 1. The van der Waals surface area contributed by atoms with E-state index in [4.69, 9.17) is 17.3 Å². The molecule has 3 N–H and O–H groups in total. The first-order valence-electron chi connectivity index (χ1n) is 5.84. The van der Waals surface area contributed by atoms with Crippen LogP contribution >= 0.6 is 36.4 Å². The molecular formula is C13H20Cl3N3. The maximum Gasteiger partial charge on any atom is 0.0550 e. The largest absolute Gasteiger partial charge is 0.398 e. The van der Waals surface area contributed by atoms with Gasteiger partial charge in [0.1, 0.15) is 0 Å². The number of nitrogens with zero attached hydrogens (tertiary/aromatic N) is 1. The second kappa shape index (κ2) is 8.67. The predicted octanol–water partition coefficient (Wildman–Crippen LogP) is 2.90. The van der Waals surface area contributed by atoms with Crippen LogP contribution in [0.25, 0.3) is 0 Å². The van der Waals surface area contributed by atoms with Gasteiger partial charge in [-0.15, -0.1) is 31.4 Å². The number of nitrogens with two attached hydrogens (primary N) is 1. The number of halogens is 3. The number of nitrogens with one attached hydrogen (secondary N) is 1. The van der Waals surface area contributed by atoms with Crippen molar-refractivity contribution in [3.8, 4) is 0 Å². The van der Waals surface area contributed by atoms with Crippen molar-refractivity contribution in [1.29, 1.82) is 0 Å². The third kappa shape index (κ3) is 4.55. The number of nitrogen functional groups attached to an aromatic ring is 1. The second-order valence-electron chi connectivity index (χ2n) is 4.24. The van der Waals surface area contributed by atoms with Crippen molar-refractivity contribution in [2.45, 2.75) is 6.04 Å². The average Bonchev–Trinajstić information content (AvgIpc) is 2.36. The minimum absolute atomic E-state index is 0. The molecule has 19 heavy (non-hydrogen) atoms. The molecule has 1 fully saturated rings. The minimum Gasteiger partial charge on any atom is -0.398 e.